The van der Waals surface area contributed by atoms with E-state index in [1.165, 1.54) is 0 Å². The molecule has 0 spiro atoms. The summed E-state index contributed by atoms with van der Waals surface area (Å²) < 4.78 is 16.8. The highest BCUT2D eigenvalue weighted by atomic mass is 16.5. The van der Waals surface area contributed by atoms with Gasteiger partial charge in [-0.05, 0) is 36.2 Å². The lowest BCUT2D eigenvalue weighted by Crippen LogP contribution is -2.27. The molecular weight excluding hydrogens is 318 g/mol. The maximum Gasteiger partial charge on any atom is 0.223 e. The summed E-state index contributed by atoms with van der Waals surface area (Å²) in [4.78, 5) is 11.9. The van der Waals surface area contributed by atoms with Gasteiger partial charge in [-0.25, -0.2) is 0 Å². The van der Waals surface area contributed by atoms with Crippen LogP contribution >= 0.6 is 0 Å². The van der Waals surface area contributed by atoms with Gasteiger partial charge in [-0.15, -0.1) is 0 Å². The standard InChI is InChI=1S/C20H23NO4/c22-20(10-14-23-17-5-2-1-3-6-17)21-11-9-16-7-8-18-19(15-16)25-13-4-12-24-18/h1-3,5-8,15H,4,9-14H2,(H,21,22). The minimum atomic E-state index is -0.00901. The molecule has 1 heterocycles. The molecule has 0 saturated heterocycles. The normalized spacial score (nSPS) is 13.0. The van der Waals surface area contributed by atoms with Crippen molar-refractivity contribution < 1.29 is 19.0 Å². The lowest BCUT2D eigenvalue weighted by molar-refractivity contribution is -0.121. The van der Waals surface area contributed by atoms with E-state index in [0.29, 0.717) is 32.8 Å². The van der Waals surface area contributed by atoms with Gasteiger partial charge in [-0.1, -0.05) is 24.3 Å². The van der Waals surface area contributed by atoms with Gasteiger partial charge in [-0.2, -0.15) is 0 Å². The van der Waals surface area contributed by atoms with Crippen molar-refractivity contribution in [1.29, 1.82) is 0 Å². The van der Waals surface area contributed by atoms with Crippen molar-refractivity contribution in [3.63, 3.8) is 0 Å². The summed E-state index contributed by atoms with van der Waals surface area (Å²) in [6, 6.07) is 15.4. The Labute approximate surface area is 147 Å². The zero-order valence-electron chi connectivity index (χ0n) is 14.2. The Kier molecular flexibility index (Phi) is 6.15. The lowest BCUT2D eigenvalue weighted by atomic mass is 10.1. The molecule has 1 N–H and O–H groups in total. The van der Waals surface area contributed by atoms with Crippen LogP contribution < -0.4 is 19.5 Å². The molecule has 3 rings (SSSR count). The first-order chi connectivity index (χ1) is 12.3. The molecule has 1 aliphatic heterocycles. The second-order valence-corrected chi connectivity index (χ2v) is 5.84. The zero-order valence-corrected chi connectivity index (χ0v) is 14.2. The predicted molar refractivity (Wildman–Crippen MR) is 95.3 cm³/mol. The van der Waals surface area contributed by atoms with Crippen LogP contribution in [0.2, 0.25) is 0 Å². The van der Waals surface area contributed by atoms with Crippen LogP contribution in [0.25, 0.3) is 0 Å². The number of amides is 1. The molecule has 25 heavy (non-hydrogen) atoms. The smallest absolute Gasteiger partial charge is 0.223 e. The third kappa shape index (κ3) is 5.41. The summed E-state index contributed by atoms with van der Waals surface area (Å²) in [6.45, 7) is 2.33. The van der Waals surface area contributed by atoms with Gasteiger partial charge in [0.2, 0.25) is 5.91 Å². The number of para-hydroxylation sites is 1. The maximum absolute atomic E-state index is 11.9. The van der Waals surface area contributed by atoms with E-state index < -0.39 is 0 Å². The van der Waals surface area contributed by atoms with E-state index >= 15 is 0 Å². The molecule has 0 bridgehead atoms. The van der Waals surface area contributed by atoms with Gasteiger partial charge in [0.05, 0.1) is 26.2 Å². The summed E-state index contributed by atoms with van der Waals surface area (Å²) in [6.07, 6.45) is 1.99. The molecule has 0 fully saturated rings. The van der Waals surface area contributed by atoms with E-state index in [4.69, 9.17) is 14.2 Å². The first kappa shape index (κ1) is 17.1. The van der Waals surface area contributed by atoms with Crippen molar-refractivity contribution in [1.82, 2.24) is 5.32 Å². The molecule has 0 unspecified atom stereocenters. The zero-order chi connectivity index (χ0) is 17.3. The van der Waals surface area contributed by atoms with E-state index in [0.717, 1.165) is 35.7 Å². The molecule has 2 aromatic rings. The Bertz CT molecular complexity index is 687. The number of nitrogens with one attached hydrogen (secondary N) is 1. The van der Waals surface area contributed by atoms with Crippen LogP contribution in [-0.2, 0) is 11.2 Å². The van der Waals surface area contributed by atoms with Crippen LogP contribution in [0.1, 0.15) is 18.4 Å². The van der Waals surface area contributed by atoms with Gasteiger partial charge in [0.15, 0.2) is 11.5 Å². The molecule has 1 amide bonds. The molecule has 0 aliphatic carbocycles. The molecule has 1 aliphatic rings. The van der Waals surface area contributed by atoms with Crippen LogP contribution in [0, 0.1) is 0 Å². The molecule has 0 saturated carbocycles. The molecule has 5 nitrogen and oxygen atoms in total. The Morgan fingerprint density at radius 2 is 1.84 bits per heavy atom. The molecular formula is C20H23NO4. The monoisotopic (exact) mass is 341 g/mol. The quantitative estimate of drug-likeness (QED) is 0.841. The van der Waals surface area contributed by atoms with E-state index in [-0.39, 0.29) is 5.91 Å². The van der Waals surface area contributed by atoms with E-state index in [1.807, 2.05) is 48.5 Å². The predicted octanol–water partition coefficient (Wildman–Crippen LogP) is 2.98. The third-order valence-electron chi connectivity index (χ3n) is 3.89. The topological polar surface area (TPSA) is 56.8 Å². The summed E-state index contributed by atoms with van der Waals surface area (Å²) in [7, 11) is 0. The number of hydrogen-bond acceptors (Lipinski definition) is 4. The van der Waals surface area contributed by atoms with Crippen LogP contribution in [0.15, 0.2) is 48.5 Å². The highest BCUT2D eigenvalue weighted by molar-refractivity contribution is 5.76. The van der Waals surface area contributed by atoms with Crippen molar-refractivity contribution in [2.24, 2.45) is 0 Å². The second kappa shape index (κ2) is 8.97. The van der Waals surface area contributed by atoms with Gasteiger partial charge in [-0.3, -0.25) is 4.79 Å². The number of carbonyl (C=O) groups excluding carboxylic acids is 1. The first-order valence-electron chi connectivity index (χ1n) is 8.64. The fourth-order valence-electron chi connectivity index (χ4n) is 2.58. The Morgan fingerprint density at radius 1 is 1.04 bits per heavy atom. The highest BCUT2D eigenvalue weighted by Gasteiger charge is 2.10. The molecule has 2 aromatic carbocycles. The van der Waals surface area contributed by atoms with E-state index in [1.54, 1.807) is 0 Å². The highest BCUT2D eigenvalue weighted by Crippen LogP contribution is 2.30. The van der Waals surface area contributed by atoms with Crippen molar-refractivity contribution in [2.75, 3.05) is 26.4 Å². The fourth-order valence-corrected chi connectivity index (χ4v) is 2.58. The molecule has 0 radical (unpaired) electrons. The molecule has 5 heteroatoms. The van der Waals surface area contributed by atoms with Crippen molar-refractivity contribution in [3.05, 3.63) is 54.1 Å². The summed E-state index contributed by atoms with van der Waals surface area (Å²) in [5.74, 6) is 2.36. The van der Waals surface area contributed by atoms with Gasteiger partial charge in [0.25, 0.3) is 0 Å². The number of ether oxygens (including phenoxy) is 3. The Morgan fingerprint density at radius 3 is 2.68 bits per heavy atom. The van der Waals surface area contributed by atoms with E-state index in [9.17, 15) is 4.79 Å². The van der Waals surface area contributed by atoms with Crippen molar-refractivity contribution >= 4 is 5.91 Å². The summed E-state index contributed by atoms with van der Waals surface area (Å²) in [5, 5.41) is 2.92. The largest absolute Gasteiger partial charge is 0.493 e. The van der Waals surface area contributed by atoms with E-state index in [2.05, 4.69) is 5.32 Å². The van der Waals surface area contributed by atoms with Gasteiger partial charge in [0.1, 0.15) is 5.75 Å². The minimum absolute atomic E-state index is 0.00901. The Balaban J connectivity index is 1.37. The van der Waals surface area contributed by atoms with Crippen LogP contribution in [0.3, 0.4) is 0 Å². The lowest BCUT2D eigenvalue weighted by Gasteiger charge is -2.10. The SMILES string of the molecule is O=C(CCOc1ccccc1)NCCc1ccc2c(c1)OCCCO2. The van der Waals surface area contributed by atoms with Crippen LogP contribution in [0.4, 0.5) is 0 Å². The molecule has 132 valence electrons. The van der Waals surface area contributed by atoms with Crippen LogP contribution in [-0.4, -0.2) is 32.3 Å². The second-order valence-electron chi connectivity index (χ2n) is 5.84. The number of benzene rings is 2. The maximum atomic E-state index is 11.9. The van der Waals surface area contributed by atoms with Crippen molar-refractivity contribution in [2.45, 2.75) is 19.3 Å². The van der Waals surface area contributed by atoms with Crippen molar-refractivity contribution in [3.8, 4) is 17.2 Å². The average molecular weight is 341 g/mol. The Hall–Kier alpha value is -2.69. The van der Waals surface area contributed by atoms with Crippen LogP contribution in [0.5, 0.6) is 17.2 Å². The first-order valence-corrected chi connectivity index (χ1v) is 8.64. The third-order valence-corrected chi connectivity index (χ3v) is 3.89. The number of carbonyl (C=O) groups is 1. The number of hydrogen-bond donors (Lipinski definition) is 1. The minimum Gasteiger partial charge on any atom is -0.493 e. The molecule has 0 atom stereocenters. The van der Waals surface area contributed by atoms with Gasteiger partial charge in [0, 0.05) is 13.0 Å². The average Bonchev–Trinajstić information content (AvgIpc) is 2.87. The fraction of sp³-hybridized carbons (Fsp3) is 0.350. The summed E-state index contributed by atoms with van der Waals surface area (Å²) >= 11 is 0. The van der Waals surface area contributed by atoms with Gasteiger partial charge < -0.3 is 19.5 Å². The molecule has 0 aromatic heterocycles. The number of fused-ring (bicyclic) bond motifs is 1. The van der Waals surface area contributed by atoms with Gasteiger partial charge >= 0.3 is 0 Å². The number of rotatable bonds is 7. The summed E-state index contributed by atoms with van der Waals surface area (Å²) in [5.41, 5.74) is 1.12.